The smallest absolute Gasteiger partial charge is 0.307 e. The highest BCUT2D eigenvalue weighted by atomic mass is 16.5. The Labute approximate surface area is 138 Å². The quantitative estimate of drug-likeness (QED) is 0.676. The molecule has 3 rings (SSSR count). The van der Waals surface area contributed by atoms with Crippen LogP contribution in [-0.2, 0) is 16.1 Å². The summed E-state index contributed by atoms with van der Waals surface area (Å²) in [5.74, 6) is -0.340. The lowest BCUT2D eigenvalue weighted by molar-refractivity contribution is -0.140. The lowest BCUT2D eigenvalue weighted by atomic mass is 10.2. The van der Waals surface area contributed by atoms with Gasteiger partial charge in [-0.1, -0.05) is 18.2 Å². The van der Waals surface area contributed by atoms with E-state index in [1.807, 2.05) is 42.5 Å². The van der Waals surface area contributed by atoms with Crippen molar-refractivity contribution in [1.82, 2.24) is 14.3 Å². The average Bonchev–Trinajstić information content (AvgIpc) is 3.10. The van der Waals surface area contributed by atoms with Gasteiger partial charge in [0.2, 0.25) is 0 Å². The fourth-order valence-electron chi connectivity index (χ4n) is 2.46. The Balaban J connectivity index is 1.90. The van der Waals surface area contributed by atoms with Gasteiger partial charge in [-0.2, -0.15) is 5.10 Å². The normalized spacial score (nSPS) is 10.5. The summed E-state index contributed by atoms with van der Waals surface area (Å²) in [6.07, 6.45) is 3.55. The van der Waals surface area contributed by atoms with Crippen molar-refractivity contribution in [1.29, 1.82) is 0 Å². The maximum absolute atomic E-state index is 12.3. The molecule has 6 nitrogen and oxygen atoms in total. The predicted molar refractivity (Wildman–Crippen MR) is 89.9 cm³/mol. The molecule has 0 saturated heterocycles. The Morgan fingerprint density at radius 2 is 1.96 bits per heavy atom. The van der Waals surface area contributed by atoms with E-state index in [1.165, 1.54) is 11.7 Å². The Kier molecular flexibility index (Phi) is 4.56. The van der Waals surface area contributed by atoms with E-state index in [9.17, 15) is 9.59 Å². The molecule has 0 amide bonds. The number of hydrogen-bond acceptors (Lipinski definition) is 4. The standard InChI is InChI=1S/C18H17N3O3/c1-24-18(23)9-12-20-11-8-14(13-17(20)22)16-7-10-19-21(16)15-5-3-2-4-6-15/h2-8,10-11,13H,9,12H2,1H3. The van der Waals surface area contributed by atoms with E-state index < -0.39 is 0 Å². The molecular formula is C18H17N3O3. The second kappa shape index (κ2) is 6.95. The molecule has 2 heterocycles. The predicted octanol–water partition coefficient (Wildman–Crippen LogP) is 2.26. The van der Waals surface area contributed by atoms with E-state index in [4.69, 9.17) is 0 Å². The molecular weight excluding hydrogens is 306 g/mol. The van der Waals surface area contributed by atoms with Crippen LogP contribution in [0.15, 0.2) is 65.7 Å². The Bertz CT molecular complexity index is 897. The highest BCUT2D eigenvalue weighted by Crippen LogP contribution is 2.20. The Morgan fingerprint density at radius 3 is 2.67 bits per heavy atom. The Morgan fingerprint density at radius 1 is 1.17 bits per heavy atom. The number of carbonyl (C=O) groups excluding carboxylic acids is 1. The second-order valence-electron chi connectivity index (χ2n) is 5.24. The van der Waals surface area contributed by atoms with Crippen molar-refractivity contribution in [2.75, 3.05) is 7.11 Å². The summed E-state index contributed by atoms with van der Waals surface area (Å²) in [5, 5.41) is 4.33. The van der Waals surface area contributed by atoms with Crippen LogP contribution in [0.25, 0.3) is 16.9 Å². The molecule has 24 heavy (non-hydrogen) atoms. The molecule has 0 bridgehead atoms. The van der Waals surface area contributed by atoms with E-state index in [1.54, 1.807) is 23.1 Å². The van der Waals surface area contributed by atoms with Crippen molar-refractivity contribution in [2.45, 2.75) is 13.0 Å². The van der Waals surface area contributed by atoms with E-state index in [0.717, 1.165) is 16.9 Å². The third kappa shape index (κ3) is 3.27. The zero-order valence-corrected chi connectivity index (χ0v) is 13.3. The van der Waals surface area contributed by atoms with E-state index in [2.05, 4.69) is 9.84 Å². The molecule has 0 aliphatic rings. The van der Waals surface area contributed by atoms with Gasteiger partial charge < -0.3 is 9.30 Å². The molecule has 0 saturated carbocycles. The molecule has 3 aromatic rings. The summed E-state index contributed by atoms with van der Waals surface area (Å²) in [5.41, 5.74) is 2.36. The first kappa shape index (κ1) is 15.7. The van der Waals surface area contributed by atoms with Gasteiger partial charge >= 0.3 is 5.97 Å². The van der Waals surface area contributed by atoms with Gasteiger partial charge in [0.1, 0.15) is 0 Å². The molecule has 0 fully saturated rings. The summed E-state index contributed by atoms with van der Waals surface area (Å²) in [6, 6.07) is 15.0. The van der Waals surface area contributed by atoms with E-state index in [0.29, 0.717) is 6.54 Å². The van der Waals surface area contributed by atoms with Crippen LogP contribution in [0.1, 0.15) is 6.42 Å². The van der Waals surface area contributed by atoms with Crippen molar-refractivity contribution >= 4 is 5.97 Å². The zero-order chi connectivity index (χ0) is 16.9. The van der Waals surface area contributed by atoms with E-state index in [-0.39, 0.29) is 17.9 Å². The van der Waals surface area contributed by atoms with Crippen molar-refractivity contribution < 1.29 is 9.53 Å². The van der Waals surface area contributed by atoms with Crippen molar-refractivity contribution in [2.24, 2.45) is 0 Å². The number of aromatic nitrogens is 3. The third-order valence-corrected chi connectivity index (χ3v) is 3.72. The summed E-state index contributed by atoms with van der Waals surface area (Å²) >= 11 is 0. The van der Waals surface area contributed by atoms with E-state index >= 15 is 0 Å². The van der Waals surface area contributed by atoms with Crippen molar-refractivity contribution in [3.63, 3.8) is 0 Å². The van der Waals surface area contributed by atoms with Crippen LogP contribution in [0.3, 0.4) is 0 Å². The van der Waals surface area contributed by atoms with Crippen LogP contribution in [0.4, 0.5) is 0 Å². The number of carbonyl (C=O) groups is 1. The second-order valence-corrected chi connectivity index (χ2v) is 5.24. The van der Waals surface area contributed by atoms with Crippen LogP contribution in [0.5, 0.6) is 0 Å². The number of hydrogen-bond donors (Lipinski definition) is 0. The van der Waals surface area contributed by atoms with Crippen LogP contribution >= 0.6 is 0 Å². The minimum Gasteiger partial charge on any atom is -0.469 e. The molecule has 1 aromatic carbocycles. The minimum absolute atomic E-state index is 0.164. The lowest BCUT2D eigenvalue weighted by Gasteiger charge is -2.09. The summed E-state index contributed by atoms with van der Waals surface area (Å²) in [4.78, 5) is 23.5. The number of nitrogens with zero attached hydrogens (tertiary/aromatic N) is 3. The topological polar surface area (TPSA) is 66.1 Å². The number of methoxy groups -OCH3 is 1. The molecule has 0 aliphatic heterocycles. The third-order valence-electron chi connectivity index (χ3n) is 3.72. The average molecular weight is 323 g/mol. The first-order valence-corrected chi connectivity index (χ1v) is 7.56. The zero-order valence-electron chi connectivity index (χ0n) is 13.3. The SMILES string of the molecule is COC(=O)CCn1ccc(-c2ccnn2-c2ccccc2)cc1=O. The fraction of sp³-hybridized carbons (Fsp3) is 0.167. The monoisotopic (exact) mass is 323 g/mol. The van der Waals surface area contributed by atoms with Crippen LogP contribution in [0, 0.1) is 0 Å². The number of pyridine rings is 1. The summed E-state index contributed by atoms with van der Waals surface area (Å²) < 4.78 is 7.87. The number of aryl methyl sites for hydroxylation is 1. The van der Waals surface area contributed by atoms with Crippen LogP contribution in [0.2, 0.25) is 0 Å². The van der Waals surface area contributed by atoms with Gasteiger partial charge in [-0.25, -0.2) is 4.68 Å². The number of benzene rings is 1. The van der Waals surface area contributed by atoms with Gasteiger partial charge in [0.05, 0.1) is 31.1 Å². The molecule has 0 radical (unpaired) electrons. The van der Waals surface area contributed by atoms with Gasteiger partial charge in [0.25, 0.3) is 5.56 Å². The largest absolute Gasteiger partial charge is 0.469 e. The highest BCUT2D eigenvalue weighted by Gasteiger charge is 2.09. The van der Waals surface area contributed by atoms with Gasteiger partial charge in [0, 0.05) is 24.4 Å². The summed E-state index contributed by atoms with van der Waals surface area (Å²) in [7, 11) is 1.33. The number of ether oxygens (including phenoxy) is 1. The first-order chi connectivity index (χ1) is 11.7. The Hall–Kier alpha value is -3.15. The van der Waals surface area contributed by atoms with Gasteiger partial charge in [-0.15, -0.1) is 0 Å². The fourth-order valence-corrected chi connectivity index (χ4v) is 2.46. The molecule has 0 unspecified atom stereocenters. The number of esters is 1. The highest BCUT2D eigenvalue weighted by molar-refractivity contribution is 5.69. The maximum Gasteiger partial charge on any atom is 0.307 e. The minimum atomic E-state index is -0.340. The maximum atomic E-state index is 12.3. The molecule has 0 spiro atoms. The molecule has 0 atom stereocenters. The van der Waals surface area contributed by atoms with Crippen LogP contribution in [-0.4, -0.2) is 27.4 Å². The lowest BCUT2D eigenvalue weighted by Crippen LogP contribution is -2.20. The molecule has 0 N–H and O–H groups in total. The molecule has 6 heteroatoms. The molecule has 0 aliphatic carbocycles. The van der Waals surface area contributed by atoms with Gasteiger partial charge in [-0.05, 0) is 24.3 Å². The first-order valence-electron chi connectivity index (χ1n) is 7.56. The van der Waals surface area contributed by atoms with Crippen molar-refractivity contribution in [3.05, 3.63) is 71.3 Å². The molecule has 2 aromatic heterocycles. The summed E-state index contributed by atoms with van der Waals surface area (Å²) in [6.45, 7) is 0.295. The van der Waals surface area contributed by atoms with Crippen molar-refractivity contribution in [3.8, 4) is 16.9 Å². The molecule has 122 valence electrons. The van der Waals surface area contributed by atoms with Gasteiger partial charge in [0.15, 0.2) is 0 Å². The number of para-hydroxylation sites is 1. The van der Waals surface area contributed by atoms with Crippen LogP contribution < -0.4 is 5.56 Å². The number of rotatable bonds is 5. The van der Waals surface area contributed by atoms with Gasteiger partial charge in [-0.3, -0.25) is 9.59 Å².